The Morgan fingerprint density at radius 1 is 1.07 bits per heavy atom. The van der Waals surface area contributed by atoms with Gasteiger partial charge in [-0.1, -0.05) is 36.4 Å². The topological polar surface area (TPSA) is 63.1 Å². The monoisotopic (exact) mass is 403 g/mol. The van der Waals surface area contributed by atoms with Crippen molar-refractivity contribution < 1.29 is 4.79 Å². The van der Waals surface area contributed by atoms with E-state index in [1.165, 1.54) is 5.56 Å². The van der Waals surface area contributed by atoms with Gasteiger partial charge in [0.15, 0.2) is 0 Å². The first-order chi connectivity index (χ1) is 14.5. The maximum Gasteiger partial charge on any atom is 0.270 e. The standard InChI is InChI=1S/C24H29N5O/c1-17-23(18(2)28(3)27-17)21-10-7-11-22(26-21)24(30)25-20-12-14-29(15-13-20)16-19-8-5-4-6-9-19/h4-11,20H,12-16H2,1-3H3,(H,25,30). The summed E-state index contributed by atoms with van der Waals surface area (Å²) in [7, 11) is 1.92. The third-order valence-corrected chi connectivity index (χ3v) is 5.92. The molecule has 1 aromatic carbocycles. The highest BCUT2D eigenvalue weighted by Crippen LogP contribution is 2.25. The minimum absolute atomic E-state index is 0.0995. The fourth-order valence-electron chi connectivity index (χ4n) is 4.18. The number of rotatable bonds is 5. The van der Waals surface area contributed by atoms with Crippen molar-refractivity contribution in [3.63, 3.8) is 0 Å². The second-order valence-corrected chi connectivity index (χ2v) is 8.09. The van der Waals surface area contributed by atoms with E-state index in [0.29, 0.717) is 5.69 Å². The van der Waals surface area contributed by atoms with Crippen LogP contribution >= 0.6 is 0 Å². The van der Waals surface area contributed by atoms with E-state index in [4.69, 9.17) is 0 Å². The van der Waals surface area contributed by atoms with Gasteiger partial charge in [-0.25, -0.2) is 4.98 Å². The predicted octanol–water partition coefficient (Wildman–Crippen LogP) is 3.49. The molecule has 3 aromatic rings. The Bertz CT molecular complexity index is 1020. The average molecular weight is 404 g/mol. The van der Waals surface area contributed by atoms with Crippen LogP contribution in [-0.2, 0) is 13.6 Å². The Morgan fingerprint density at radius 2 is 1.80 bits per heavy atom. The van der Waals surface area contributed by atoms with Gasteiger partial charge in [0.25, 0.3) is 5.91 Å². The first-order valence-corrected chi connectivity index (χ1v) is 10.6. The van der Waals surface area contributed by atoms with Gasteiger partial charge in [0.05, 0.1) is 11.4 Å². The van der Waals surface area contributed by atoms with Gasteiger partial charge in [-0.15, -0.1) is 0 Å². The molecule has 3 heterocycles. The molecular weight excluding hydrogens is 374 g/mol. The Hall–Kier alpha value is -2.99. The molecule has 30 heavy (non-hydrogen) atoms. The van der Waals surface area contributed by atoms with Crippen molar-refractivity contribution in [2.75, 3.05) is 13.1 Å². The zero-order valence-corrected chi connectivity index (χ0v) is 17.9. The average Bonchev–Trinajstić information content (AvgIpc) is 3.01. The largest absolute Gasteiger partial charge is 0.348 e. The highest BCUT2D eigenvalue weighted by Gasteiger charge is 2.22. The van der Waals surface area contributed by atoms with Crippen LogP contribution in [-0.4, -0.2) is 44.7 Å². The van der Waals surface area contributed by atoms with Crippen LogP contribution in [0, 0.1) is 13.8 Å². The van der Waals surface area contributed by atoms with Crippen molar-refractivity contribution in [2.45, 2.75) is 39.3 Å². The lowest BCUT2D eigenvalue weighted by Crippen LogP contribution is -2.44. The second kappa shape index (κ2) is 8.79. The van der Waals surface area contributed by atoms with E-state index in [9.17, 15) is 4.79 Å². The van der Waals surface area contributed by atoms with Crippen molar-refractivity contribution in [3.8, 4) is 11.3 Å². The third kappa shape index (κ3) is 4.44. The number of aryl methyl sites for hydroxylation is 2. The van der Waals surface area contributed by atoms with E-state index in [-0.39, 0.29) is 11.9 Å². The van der Waals surface area contributed by atoms with E-state index in [2.05, 4.69) is 44.6 Å². The number of amides is 1. The Balaban J connectivity index is 1.37. The van der Waals surface area contributed by atoms with Gasteiger partial charge in [-0.2, -0.15) is 5.10 Å². The number of nitrogens with one attached hydrogen (secondary N) is 1. The van der Waals surface area contributed by atoms with Crippen LogP contribution < -0.4 is 5.32 Å². The molecule has 6 heteroatoms. The van der Waals surface area contributed by atoms with Gasteiger partial charge in [0.2, 0.25) is 0 Å². The molecule has 0 unspecified atom stereocenters. The Morgan fingerprint density at radius 3 is 2.47 bits per heavy atom. The number of benzene rings is 1. The van der Waals surface area contributed by atoms with Gasteiger partial charge in [0, 0.05) is 44.0 Å². The molecule has 1 N–H and O–H groups in total. The molecule has 1 aliphatic heterocycles. The summed E-state index contributed by atoms with van der Waals surface area (Å²) >= 11 is 0. The zero-order valence-electron chi connectivity index (χ0n) is 17.9. The van der Waals surface area contributed by atoms with Crippen LogP contribution in [0.3, 0.4) is 0 Å². The van der Waals surface area contributed by atoms with Crippen molar-refractivity contribution in [2.24, 2.45) is 7.05 Å². The summed E-state index contributed by atoms with van der Waals surface area (Å²) in [6.45, 7) is 6.94. The molecular formula is C24H29N5O. The summed E-state index contributed by atoms with van der Waals surface area (Å²) in [5, 5.41) is 7.65. The minimum Gasteiger partial charge on any atom is -0.348 e. The zero-order chi connectivity index (χ0) is 21.1. The molecule has 1 aliphatic rings. The van der Waals surface area contributed by atoms with Gasteiger partial charge < -0.3 is 5.32 Å². The lowest BCUT2D eigenvalue weighted by Gasteiger charge is -2.32. The minimum atomic E-state index is -0.0995. The number of likely N-dealkylation sites (tertiary alicyclic amines) is 1. The molecule has 0 atom stereocenters. The number of pyridine rings is 1. The van der Waals surface area contributed by atoms with Crippen LogP contribution in [0.25, 0.3) is 11.3 Å². The van der Waals surface area contributed by atoms with Crippen molar-refractivity contribution >= 4 is 5.91 Å². The van der Waals surface area contributed by atoms with Crippen LogP contribution in [0.2, 0.25) is 0 Å². The van der Waals surface area contributed by atoms with E-state index < -0.39 is 0 Å². The number of aromatic nitrogens is 3. The lowest BCUT2D eigenvalue weighted by atomic mass is 10.0. The summed E-state index contributed by atoms with van der Waals surface area (Å²) < 4.78 is 1.85. The quantitative estimate of drug-likeness (QED) is 0.708. The second-order valence-electron chi connectivity index (χ2n) is 8.09. The van der Waals surface area contributed by atoms with Crippen LogP contribution in [0.4, 0.5) is 0 Å². The number of hydrogen-bond acceptors (Lipinski definition) is 4. The van der Waals surface area contributed by atoms with Crippen LogP contribution in [0.1, 0.15) is 40.3 Å². The van der Waals surface area contributed by atoms with Crippen LogP contribution in [0.5, 0.6) is 0 Å². The number of piperidine rings is 1. The third-order valence-electron chi connectivity index (χ3n) is 5.92. The maximum atomic E-state index is 12.8. The lowest BCUT2D eigenvalue weighted by molar-refractivity contribution is 0.0904. The van der Waals surface area contributed by atoms with E-state index >= 15 is 0 Å². The maximum absolute atomic E-state index is 12.8. The summed E-state index contributed by atoms with van der Waals surface area (Å²) in [6, 6.07) is 16.3. The summed E-state index contributed by atoms with van der Waals surface area (Å²) in [4.78, 5) is 19.9. The normalized spacial score (nSPS) is 15.3. The molecule has 0 saturated carbocycles. The van der Waals surface area contributed by atoms with Gasteiger partial charge >= 0.3 is 0 Å². The Kier molecular flexibility index (Phi) is 5.95. The molecule has 156 valence electrons. The van der Waals surface area contributed by atoms with E-state index in [0.717, 1.165) is 55.1 Å². The summed E-state index contributed by atoms with van der Waals surface area (Å²) in [5.41, 5.74) is 5.56. The van der Waals surface area contributed by atoms with E-state index in [1.54, 1.807) is 6.07 Å². The number of nitrogens with zero attached hydrogens (tertiary/aromatic N) is 4. The van der Waals surface area contributed by atoms with Gasteiger partial charge in [-0.3, -0.25) is 14.4 Å². The molecule has 0 bridgehead atoms. The predicted molar refractivity (Wildman–Crippen MR) is 118 cm³/mol. The number of hydrogen-bond donors (Lipinski definition) is 1. The fourth-order valence-corrected chi connectivity index (χ4v) is 4.18. The number of carbonyl (C=O) groups is 1. The highest BCUT2D eigenvalue weighted by molar-refractivity contribution is 5.93. The molecule has 0 spiro atoms. The van der Waals surface area contributed by atoms with Crippen molar-refractivity contribution in [3.05, 3.63) is 71.2 Å². The smallest absolute Gasteiger partial charge is 0.270 e. The first kappa shape index (κ1) is 20.3. The number of carbonyl (C=O) groups excluding carboxylic acids is 1. The van der Waals surface area contributed by atoms with Crippen LogP contribution in [0.15, 0.2) is 48.5 Å². The summed E-state index contributed by atoms with van der Waals surface area (Å²) in [6.07, 6.45) is 1.91. The van der Waals surface area contributed by atoms with E-state index in [1.807, 2.05) is 43.8 Å². The SMILES string of the molecule is Cc1nn(C)c(C)c1-c1cccc(C(=O)NC2CCN(Cc3ccccc3)CC2)n1. The molecule has 2 aromatic heterocycles. The molecule has 6 nitrogen and oxygen atoms in total. The summed E-state index contributed by atoms with van der Waals surface area (Å²) in [5.74, 6) is -0.0995. The highest BCUT2D eigenvalue weighted by atomic mass is 16.1. The van der Waals surface area contributed by atoms with Gasteiger partial charge in [0.1, 0.15) is 5.69 Å². The Labute approximate surface area is 177 Å². The first-order valence-electron chi connectivity index (χ1n) is 10.6. The molecule has 4 rings (SSSR count). The van der Waals surface area contributed by atoms with Crippen molar-refractivity contribution in [1.29, 1.82) is 0 Å². The molecule has 0 aliphatic carbocycles. The van der Waals surface area contributed by atoms with Crippen molar-refractivity contribution in [1.82, 2.24) is 25.0 Å². The molecule has 1 amide bonds. The molecule has 0 radical (unpaired) electrons. The molecule has 1 saturated heterocycles. The molecule has 1 fully saturated rings. The fraction of sp³-hybridized carbons (Fsp3) is 0.375. The van der Waals surface area contributed by atoms with Gasteiger partial charge in [-0.05, 0) is 44.4 Å².